The van der Waals surface area contributed by atoms with Gasteiger partial charge in [-0.15, -0.1) is 0 Å². The van der Waals surface area contributed by atoms with Crippen LogP contribution < -0.4 is 21.4 Å². The lowest BCUT2D eigenvalue weighted by molar-refractivity contribution is 0.408. The van der Waals surface area contributed by atoms with Crippen molar-refractivity contribution in [1.82, 2.24) is 39.6 Å². The first-order valence-electron chi connectivity index (χ1n) is 24.8. The lowest BCUT2D eigenvalue weighted by Crippen LogP contribution is -2.11. The van der Waals surface area contributed by atoms with Crippen molar-refractivity contribution >= 4 is 83.9 Å². The highest BCUT2D eigenvalue weighted by Crippen LogP contribution is 2.48. The molecule has 20 heteroatoms. The van der Waals surface area contributed by atoms with Gasteiger partial charge in [0.2, 0.25) is 0 Å². The third kappa shape index (κ3) is 7.88. The largest absolute Gasteiger partial charge is 0.353 e. The van der Waals surface area contributed by atoms with Crippen molar-refractivity contribution in [1.29, 1.82) is 0 Å². The Morgan fingerprint density at radius 2 is 0.850 bits per heavy atom. The van der Waals surface area contributed by atoms with Crippen molar-refractivity contribution in [3.05, 3.63) is 196 Å². The number of hydrogen-bond donors (Lipinski definition) is 5. The van der Waals surface area contributed by atoms with E-state index in [4.69, 9.17) is 29.9 Å². The molecule has 0 radical (unpaired) electrons. The van der Waals surface area contributed by atoms with Gasteiger partial charge in [-0.2, -0.15) is 0 Å². The number of nitrogens with one attached hydrogen (secondary N) is 5. The van der Waals surface area contributed by atoms with Gasteiger partial charge >= 0.3 is 0 Å². The van der Waals surface area contributed by atoms with E-state index in [1.54, 1.807) is 54.1 Å². The van der Waals surface area contributed by atoms with Gasteiger partial charge in [0.05, 0.1) is 33.8 Å². The van der Waals surface area contributed by atoms with Gasteiger partial charge in [0.1, 0.15) is 22.9 Å². The molecular formula is C60H38F8N12. The fraction of sp³-hybridized carbons (Fsp3) is 0.0667. The summed E-state index contributed by atoms with van der Waals surface area (Å²) in [5.41, 5.74) is 5.42. The standard InChI is InChI=1S/C60H38F8N12/c1-26-37(61)19-11-21-40(26)70-52-44-36(25-43(51(52)69-41-24-23-39(63)45(64)28(41)3)71-50-29(4)46(65)47(66)48(67)49(50)68)57-74-53-30-13-5-7-15-32(30)55(72-53)77-59-34-17-9-10-18-35(34)60(80(59)79-42-22-12-20-38(62)27(42)2)78-56-33-16-8-6-14-31(33)54(73-56)75-58(44)76-57/h5-25,69-71,79H,1-4H3,(H,72,73,74,75,76,77,78). The normalized spacial score (nSPS) is 11.8. The van der Waals surface area contributed by atoms with Crippen molar-refractivity contribution in [2.24, 2.45) is 0 Å². The van der Waals surface area contributed by atoms with E-state index in [0.29, 0.717) is 55.6 Å². The molecule has 12 nitrogen and oxygen atoms in total. The molecule has 394 valence electrons. The van der Waals surface area contributed by atoms with E-state index in [0.717, 1.165) is 13.0 Å². The van der Waals surface area contributed by atoms with E-state index in [9.17, 15) is 8.78 Å². The lowest BCUT2D eigenvalue weighted by atomic mass is 10.0. The maximum atomic E-state index is 16.2. The Morgan fingerprint density at radius 1 is 0.362 bits per heavy atom. The highest BCUT2D eigenvalue weighted by molar-refractivity contribution is 6.19. The van der Waals surface area contributed by atoms with Crippen molar-refractivity contribution in [2.75, 3.05) is 21.4 Å². The van der Waals surface area contributed by atoms with Crippen LogP contribution in [0.1, 0.15) is 22.3 Å². The molecular weight excluding hydrogens is 1040 g/mol. The van der Waals surface area contributed by atoms with Crippen LogP contribution in [0.3, 0.4) is 0 Å². The lowest BCUT2D eigenvalue weighted by Gasteiger charge is -2.23. The highest BCUT2D eigenvalue weighted by atomic mass is 19.2. The van der Waals surface area contributed by atoms with Gasteiger partial charge in [0.15, 0.2) is 69.5 Å². The summed E-state index contributed by atoms with van der Waals surface area (Å²) in [4.78, 5) is 34.3. The number of halogens is 8. The number of benzene rings is 8. The monoisotopic (exact) mass is 1080 g/mol. The first kappa shape index (κ1) is 49.3. The molecule has 13 rings (SSSR count). The van der Waals surface area contributed by atoms with E-state index >= 15 is 26.3 Å². The molecule has 0 saturated carbocycles. The second-order valence-corrected chi connectivity index (χ2v) is 19.1. The highest BCUT2D eigenvalue weighted by Gasteiger charge is 2.29. The minimum Gasteiger partial charge on any atom is -0.353 e. The van der Waals surface area contributed by atoms with Crippen molar-refractivity contribution in [3.63, 3.8) is 0 Å². The molecule has 0 unspecified atom stereocenters. The Bertz CT molecular complexity index is 4640. The molecule has 0 aliphatic carbocycles. The average molecular weight is 1080 g/mol. The number of rotatable bonds is 8. The van der Waals surface area contributed by atoms with Crippen LogP contribution in [0, 0.1) is 74.2 Å². The molecule has 3 aromatic heterocycles. The molecule has 2 aliphatic rings. The van der Waals surface area contributed by atoms with Crippen LogP contribution in [0.5, 0.6) is 0 Å². The number of H-pyrrole nitrogens is 1. The van der Waals surface area contributed by atoms with E-state index in [2.05, 4.69) is 26.4 Å². The zero-order valence-corrected chi connectivity index (χ0v) is 42.3. The number of nitrogens with zero attached hydrogens (tertiary/aromatic N) is 7. The Morgan fingerprint density at radius 3 is 1.45 bits per heavy atom. The first-order valence-corrected chi connectivity index (χ1v) is 24.8. The van der Waals surface area contributed by atoms with Gasteiger partial charge in [0, 0.05) is 72.0 Å². The predicted molar refractivity (Wildman–Crippen MR) is 293 cm³/mol. The van der Waals surface area contributed by atoms with Gasteiger partial charge in [0.25, 0.3) is 0 Å². The van der Waals surface area contributed by atoms with E-state index in [1.165, 1.54) is 44.2 Å². The minimum absolute atomic E-state index is 0.00494. The maximum absolute atomic E-state index is 16.2. The van der Waals surface area contributed by atoms with Gasteiger partial charge < -0.3 is 20.9 Å². The fourth-order valence-electron chi connectivity index (χ4n) is 10.0. The summed E-state index contributed by atoms with van der Waals surface area (Å²) in [7, 11) is 0. The Labute approximate surface area is 447 Å². The maximum Gasteiger partial charge on any atom is 0.199 e. The summed E-state index contributed by atoms with van der Waals surface area (Å²) >= 11 is 0. The van der Waals surface area contributed by atoms with E-state index < -0.39 is 57.8 Å². The van der Waals surface area contributed by atoms with Crippen molar-refractivity contribution in [3.8, 4) is 45.6 Å². The van der Waals surface area contributed by atoms with Crippen LogP contribution in [0.2, 0.25) is 0 Å². The average Bonchev–Trinajstić information content (AvgIpc) is 4.21. The number of aromatic amines is 1. The zero-order valence-electron chi connectivity index (χ0n) is 42.3. The van der Waals surface area contributed by atoms with Gasteiger partial charge in [-0.25, -0.2) is 69.7 Å². The number of fused-ring (bicyclic) bond motifs is 20. The summed E-state index contributed by atoms with van der Waals surface area (Å²) in [5, 5.41) is 10.9. The van der Waals surface area contributed by atoms with Crippen LogP contribution in [0.4, 0.5) is 74.9 Å². The predicted octanol–water partition coefficient (Wildman–Crippen LogP) is 15.8. The van der Waals surface area contributed by atoms with E-state index in [1.807, 2.05) is 48.5 Å². The summed E-state index contributed by atoms with van der Waals surface area (Å²) in [6.45, 7) is 5.51. The molecule has 5 heterocycles. The molecule has 0 spiro atoms. The molecule has 80 heavy (non-hydrogen) atoms. The SMILES string of the molecule is Cc1c(F)cccc1Nc1c(Nc2ccc(F)c(F)c2C)c(Nc2c(C)c(F)c(F)c(F)c2F)cc2c3nc4nc(nc5c6ccccc6c(nc6nc(nc([nH]3)c12)-c1ccccc1-6)n5Nc1cccc(F)c1C)-c1ccccc1-4. The number of anilines is 7. The Kier molecular flexibility index (Phi) is 11.6. The summed E-state index contributed by atoms with van der Waals surface area (Å²) < 4.78 is 125. The first-order chi connectivity index (χ1) is 38.6. The molecule has 2 aliphatic heterocycles. The molecule has 0 fully saturated rings. The quantitative estimate of drug-likeness (QED) is 0.0566. The molecule has 0 amide bonds. The third-order valence-electron chi connectivity index (χ3n) is 14.4. The second kappa shape index (κ2) is 18.7. The summed E-state index contributed by atoms with van der Waals surface area (Å²) in [6, 6.07) is 34.4. The van der Waals surface area contributed by atoms with Gasteiger partial charge in [-0.3, -0.25) is 5.43 Å². The topological polar surface area (TPSA) is 146 Å². The van der Waals surface area contributed by atoms with Crippen LogP contribution >= 0.6 is 0 Å². The van der Waals surface area contributed by atoms with Crippen LogP contribution in [0.25, 0.3) is 89.7 Å². The molecule has 0 atom stereocenters. The Balaban J connectivity index is 1.22. The van der Waals surface area contributed by atoms with Crippen LogP contribution in [-0.4, -0.2) is 39.6 Å². The minimum atomic E-state index is -2.11. The zero-order chi connectivity index (χ0) is 55.4. The molecule has 8 aromatic carbocycles. The smallest absolute Gasteiger partial charge is 0.199 e. The van der Waals surface area contributed by atoms with Crippen LogP contribution in [0.15, 0.2) is 127 Å². The summed E-state index contributed by atoms with van der Waals surface area (Å²) in [6.07, 6.45) is 0. The second-order valence-electron chi connectivity index (χ2n) is 19.1. The van der Waals surface area contributed by atoms with Gasteiger partial charge in [-0.05, 0) is 70.2 Å². The number of hydrogen-bond acceptors (Lipinski definition) is 10. The van der Waals surface area contributed by atoms with Crippen molar-refractivity contribution < 1.29 is 35.1 Å². The number of aromatic nitrogens is 8. The van der Waals surface area contributed by atoms with E-state index in [-0.39, 0.29) is 84.9 Å². The molecule has 0 saturated heterocycles. The van der Waals surface area contributed by atoms with Gasteiger partial charge in [-0.1, -0.05) is 84.9 Å². The molecule has 11 aromatic rings. The van der Waals surface area contributed by atoms with Crippen molar-refractivity contribution in [2.45, 2.75) is 27.7 Å². The Hall–Kier alpha value is -10.2. The molecule has 8 bridgehead atoms. The summed E-state index contributed by atoms with van der Waals surface area (Å²) in [5.74, 6) is -10.3. The third-order valence-corrected chi connectivity index (χ3v) is 14.4. The molecule has 5 N–H and O–H groups in total. The fourth-order valence-corrected chi connectivity index (χ4v) is 10.0. The van der Waals surface area contributed by atoms with Crippen LogP contribution in [-0.2, 0) is 0 Å².